The second kappa shape index (κ2) is 3.92. The van der Waals surface area contributed by atoms with E-state index in [-0.39, 0.29) is 5.69 Å². The van der Waals surface area contributed by atoms with Crippen molar-refractivity contribution in [2.75, 3.05) is 0 Å². The number of benzene rings is 1. The molecule has 0 atom stereocenters. The monoisotopic (exact) mass is 240 g/mol. The van der Waals surface area contributed by atoms with Gasteiger partial charge in [0.2, 0.25) is 5.95 Å². The molecule has 0 aliphatic rings. The Morgan fingerprint density at radius 1 is 1.17 bits per heavy atom. The number of rotatable bonds is 2. The average Bonchev–Trinajstić information content (AvgIpc) is 2.82. The number of nitro benzene ring substituents is 1. The lowest BCUT2D eigenvalue weighted by Gasteiger charge is -2.01. The maximum atomic E-state index is 10.7. The zero-order valence-electron chi connectivity index (χ0n) is 9.22. The highest BCUT2D eigenvalue weighted by Crippen LogP contribution is 2.23. The van der Waals surface area contributed by atoms with Crippen LogP contribution in [0.5, 0.6) is 0 Å². The number of hydrogen-bond acceptors (Lipinski definition) is 4. The minimum atomic E-state index is -0.407. The number of nitrogens with zero attached hydrogens (tertiary/aromatic N) is 4. The van der Waals surface area contributed by atoms with Gasteiger partial charge in [0, 0.05) is 36.1 Å². The molecule has 0 aliphatic carbocycles. The summed E-state index contributed by atoms with van der Waals surface area (Å²) in [7, 11) is 0. The summed E-state index contributed by atoms with van der Waals surface area (Å²) < 4.78 is 1.79. The molecule has 0 spiro atoms. The fourth-order valence-electron chi connectivity index (χ4n) is 1.83. The molecule has 1 aromatic carbocycles. The summed E-state index contributed by atoms with van der Waals surface area (Å²) in [5, 5.41) is 11.5. The summed E-state index contributed by atoms with van der Waals surface area (Å²) in [6.07, 6.45) is 5.10. The lowest BCUT2D eigenvalue weighted by Crippen LogP contribution is -1.98. The van der Waals surface area contributed by atoms with Crippen molar-refractivity contribution in [3.8, 4) is 5.95 Å². The Morgan fingerprint density at radius 2 is 1.94 bits per heavy atom. The van der Waals surface area contributed by atoms with E-state index in [1.807, 2.05) is 0 Å². The first kappa shape index (κ1) is 10.4. The van der Waals surface area contributed by atoms with Crippen molar-refractivity contribution in [1.82, 2.24) is 14.5 Å². The van der Waals surface area contributed by atoms with Crippen LogP contribution in [0.15, 0.2) is 48.9 Å². The van der Waals surface area contributed by atoms with Gasteiger partial charge < -0.3 is 0 Å². The van der Waals surface area contributed by atoms with E-state index < -0.39 is 4.92 Å². The number of non-ortho nitro benzene ring substituents is 1. The molecule has 88 valence electrons. The second-order valence-electron chi connectivity index (χ2n) is 3.73. The molecule has 0 N–H and O–H groups in total. The third-order valence-corrected chi connectivity index (χ3v) is 2.65. The van der Waals surface area contributed by atoms with E-state index in [0.29, 0.717) is 5.95 Å². The van der Waals surface area contributed by atoms with Gasteiger partial charge in [-0.3, -0.25) is 14.7 Å². The second-order valence-corrected chi connectivity index (χ2v) is 3.73. The van der Waals surface area contributed by atoms with Gasteiger partial charge in [-0.25, -0.2) is 9.97 Å². The number of nitro groups is 1. The molecule has 0 saturated heterocycles. The summed E-state index contributed by atoms with van der Waals surface area (Å²) in [4.78, 5) is 18.6. The summed E-state index contributed by atoms with van der Waals surface area (Å²) in [6.45, 7) is 0. The van der Waals surface area contributed by atoms with Crippen molar-refractivity contribution in [1.29, 1.82) is 0 Å². The molecule has 3 rings (SSSR count). The van der Waals surface area contributed by atoms with Crippen LogP contribution in [0.2, 0.25) is 0 Å². The maximum Gasteiger partial charge on any atom is 0.270 e. The van der Waals surface area contributed by atoms with E-state index in [1.54, 1.807) is 41.4 Å². The van der Waals surface area contributed by atoms with Crippen molar-refractivity contribution in [2.24, 2.45) is 0 Å². The van der Waals surface area contributed by atoms with Gasteiger partial charge in [0.15, 0.2) is 0 Å². The van der Waals surface area contributed by atoms with E-state index in [9.17, 15) is 10.1 Å². The smallest absolute Gasteiger partial charge is 0.270 e. The third kappa shape index (κ3) is 1.60. The maximum absolute atomic E-state index is 10.7. The van der Waals surface area contributed by atoms with Crippen LogP contribution in [-0.2, 0) is 0 Å². The van der Waals surface area contributed by atoms with Crippen LogP contribution in [0.1, 0.15) is 0 Å². The molecule has 0 radical (unpaired) electrons. The summed E-state index contributed by atoms with van der Waals surface area (Å²) in [6, 6.07) is 8.25. The lowest BCUT2D eigenvalue weighted by molar-refractivity contribution is -0.384. The van der Waals surface area contributed by atoms with E-state index in [0.717, 1.165) is 10.9 Å². The molecular formula is C12H8N4O2. The molecule has 2 heterocycles. The van der Waals surface area contributed by atoms with Crippen LogP contribution in [0, 0.1) is 10.1 Å². The Balaban J connectivity index is 2.19. The third-order valence-electron chi connectivity index (χ3n) is 2.65. The van der Waals surface area contributed by atoms with Crippen LogP contribution in [0.4, 0.5) is 5.69 Å². The van der Waals surface area contributed by atoms with Gasteiger partial charge in [-0.15, -0.1) is 0 Å². The topological polar surface area (TPSA) is 73.8 Å². The van der Waals surface area contributed by atoms with Crippen molar-refractivity contribution >= 4 is 16.6 Å². The molecule has 0 bridgehead atoms. The highest BCUT2D eigenvalue weighted by molar-refractivity contribution is 5.83. The molecule has 18 heavy (non-hydrogen) atoms. The zero-order chi connectivity index (χ0) is 12.5. The fourth-order valence-corrected chi connectivity index (χ4v) is 1.83. The van der Waals surface area contributed by atoms with Gasteiger partial charge in [-0.1, -0.05) is 0 Å². The Morgan fingerprint density at radius 3 is 2.67 bits per heavy atom. The molecule has 0 fully saturated rings. The molecule has 3 aromatic rings. The van der Waals surface area contributed by atoms with Gasteiger partial charge >= 0.3 is 0 Å². The van der Waals surface area contributed by atoms with Crippen molar-refractivity contribution < 1.29 is 4.92 Å². The highest BCUT2D eigenvalue weighted by atomic mass is 16.6. The van der Waals surface area contributed by atoms with E-state index in [1.165, 1.54) is 12.1 Å². The first-order chi connectivity index (χ1) is 8.75. The predicted octanol–water partition coefficient (Wildman–Crippen LogP) is 2.33. The predicted molar refractivity (Wildman–Crippen MR) is 65.5 cm³/mol. The van der Waals surface area contributed by atoms with Crippen molar-refractivity contribution in [3.05, 3.63) is 59.0 Å². The Bertz CT molecular complexity index is 721. The van der Waals surface area contributed by atoms with Gasteiger partial charge in [0.25, 0.3) is 5.69 Å². The Kier molecular flexibility index (Phi) is 2.26. The quantitative estimate of drug-likeness (QED) is 0.509. The van der Waals surface area contributed by atoms with Crippen LogP contribution in [0.3, 0.4) is 0 Å². The first-order valence-corrected chi connectivity index (χ1v) is 5.28. The van der Waals surface area contributed by atoms with Crippen LogP contribution >= 0.6 is 0 Å². The number of aromatic nitrogens is 3. The number of fused-ring (bicyclic) bond motifs is 1. The van der Waals surface area contributed by atoms with Gasteiger partial charge in [0.1, 0.15) is 0 Å². The Hall–Kier alpha value is -2.76. The molecule has 0 aliphatic heterocycles. The summed E-state index contributed by atoms with van der Waals surface area (Å²) >= 11 is 0. The van der Waals surface area contributed by atoms with Crippen LogP contribution in [-0.4, -0.2) is 19.5 Å². The van der Waals surface area contributed by atoms with Gasteiger partial charge in [-0.05, 0) is 18.2 Å². The molecule has 0 amide bonds. The number of hydrogen-bond donors (Lipinski definition) is 0. The highest BCUT2D eigenvalue weighted by Gasteiger charge is 2.10. The zero-order valence-corrected chi connectivity index (χ0v) is 9.22. The fraction of sp³-hybridized carbons (Fsp3) is 0. The normalized spacial score (nSPS) is 10.7. The Labute approximate surface area is 102 Å². The minimum absolute atomic E-state index is 0.0780. The molecule has 2 aromatic heterocycles. The molecular weight excluding hydrogens is 232 g/mol. The summed E-state index contributed by atoms with van der Waals surface area (Å²) in [5.74, 6) is 0.543. The average molecular weight is 240 g/mol. The van der Waals surface area contributed by atoms with E-state index in [2.05, 4.69) is 9.97 Å². The van der Waals surface area contributed by atoms with Crippen molar-refractivity contribution in [3.63, 3.8) is 0 Å². The lowest BCUT2D eigenvalue weighted by atomic mass is 10.2. The van der Waals surface area contributed by atoms with Crippen LogP contribution < -0.4 is 0 Å². The summed E-state index contributed by atoms with van der Waals surface area (Å²) in [5.41, 5.74) is 0.918. The van der Waals surface area contributed by atoms with E-state index in [4.69, 9.17) is 0 Å². The first-order valence-electron chi connectivity index (χ1n) is 5.28. The minimum Gasteiger partial charge on any atom is -0.285 e. The van der Waals surface area contributed by atoms with Gasteiger partial charge in [-0.2, -0.15) is 0 Å². The van der Waals surface area contributed by atoms with Crippen LogP contribution in [0.25, 0.3) is 16.9 Å². The molecule has 6 nitrogen and oxygen atoms in total. The molecule has 0 unspecified atom stereocenters. The van der Waals surface area contributed by atoms with E-state index >= 15 is 0 Å². The van der Waals surface area contributed by atoms with Crippen molar-refractivity contribution in [2.45, 2.75) is 0 Å². The standard InChI is InChI=1S/C12H8N4O2/c17-16(18)10-2-3-11-9(8-10)4-7-15(11)12-13-5-1-6-14-12/h1-8H. The molecule has 6 heteroatoms. The molecule has 0 saturated carbocycles. The van der Waals surface area contributed by atoms with Gasteiger partial charge in [0.05, 0.1) is 10.4 Å². The largest absolute Gasteiger partial charge is 0.285 e. The SMILES string of the molecule is O=[N+]([O-])c1ccc2c(ccn2-c2ncccn2)c1.